The topological polar surface area (TPSA) is 71.6 Å². The summed E-state index contributed by atoms with van der Waals surface area (Å²) in [5.74, 6) is -0.720. The van der Waals surface area contributed by atoms with Gasteiger partial charge in [0, 0.05) is 24.0 Å². The Balaban J connectivity index is 1.66. The molecule has 2 aromatic rings. The fourth-order valence-corrected chi connectivity index (χ4v) is 3.07. The van der Waals surface area contributed by atoms with Crippen molar-refractivity contribution in [2.45, 2.75) is 39.1 Å². The highest BCUT2D eigenvalue weighted by Crippen LogP contribution is 2.17. The lowest BCUT2D eigenvalue weighted by atomic mass is 10.2. The van der Waals surface area contributed by atoms with Crippen LogP contribution < -0.4 is 0 Å². The van der Waals surface area contributed by atoms with E-state index in [1.807, 2.05) is 38.1 Å². The van der Waals surface area contributed by atoms with Gasteiger partial charge in [-0.3, -0.25) is 4.79 Å². The number of morpholine rings is 1. The summed E-state index contributed by atoms with van der Waals surface area (Å²) in [7, 11) is 0. The van der Waals surface area contributed by atoms with Crippen LogP contribution in [0.4, 0.5) is 0 Å². The van der Waals surface area contributed by atoms with Crippen LogP contribution >= 0.6 is 0 Å². The zero-order chi connectivity index (χ0) is 17.3. The number of aromatic amines is 1. The standard InChI is InChI=1S/C18H22N2O4/c1-11-9-20(10-12(2)23-11)17(21)13(3)24-18(22)16-8-14-6-4-5-7-15(14)19-16/h4-8,11-13,19H,9-10H2,1-3H3/t11-,12+,13-/m0/s1. The predicted molar refractivity (Wildman–Crippen MR) is 89.8 cm³/mol. The Labute approximate surface area is 140 Å². The quantitative estimate of drug-likeness (QED) is 0.877. The highest BCUT2D eigenvalue weighted by atomic mass is 16.5. The summed E-state index contributed by atoms with van der Waals surface area (Å²) < 4.78 is 11.0. The number of aromatic nitrogens is 1. The third-order valence-electron chi connectivity index (χ3n) is 4.11. The zero-order valence-corrected chi connectivity index (χ0v) is 14.1. The normalized spacial score (nSPS) is 22.4. The van der Waals surface area contributed by atoms with Crippen molar-refractivity contribution in [1.29, 1.82) is 0 Å². The van der Waals surface area contributed by atoms with E-state index in [1.54, 1.807) is 17.9 Å². The van der Waals surface area contributed by atoms with E-state index in [2.05, 4.69) is 4.98 Å². The molecule has 2 heterocycles. The molecule has 0 unspecified atom stereocenters. The molecule has 1 aliphatic heterocycles. The summed E-state index contributed by atoms with van der Waals surface area (Å²) in [4.78, 5) is 29.5. The first kappa shape index (κ1) is 16.5. The number of fused-ring (bicyclic) bond motifs is 1. The molecule has 128 valence electrons. The number of ether oxygens (including phenoxy) is 2. The van der Waals surface area contributed by atoms with Gasteiger partial charge in [-0.15, -0.1) is 0 Å². The molecule has 0 spiro atoms. The van der Waals surface area contributed by atoms with Gasteiger partial charge in [0.25, 0.3) is 5.91 Å². The number of nitrogens with one attached hydrogen (secondary N) is 1. The van der Waals surface area contributed by atoms with Crippen LogP contribution in [0.1, 0.15) is 31.3 Å². The Hall–Kier alpha value is -2.34. The molecular weight excluding hydrogens is 308 g/mol. The molecule has 1 aromatic carbocycles. The molecule has 24 heavy (non-hydrogen) atoms. The van der Waals surface area contributed by atoms with E-state index < -0.39 is 12.1 Å². The lowest BCUT2D eigenvalue weighted by molar-refractivity contribution is -0.151. The highest BCUT2D eigenvalue weighted by Gasteiger charge is 2.30. The largest absolute Gasteiger partial charge is 0.448 e. The number of rotatable bonds is 3. The van der Waals surface area contributed by atoms with Crippen molar-refractivity contribution in [3.63, 3.8) is 0 Å². The average molecular weight is 330 g/mol. The molecule has 6 heteroatoms. The number of hydrogen-bond acceptors (Lipinski definition) is 4. The van der Waals surface area contributed by atoms with Crippen molar-refractivity contribution < 1.29 is 19.1 Å². The number of H-pyrrole nitrogens is 1. The fourth-order valence-electron chi connectivity index (χ4n) is 3.07. The van der Waals surface area contributed by atoms with Gasteiger partial charge in [0.2, 0.25) is 0 Å². The number of benzene rings is 1. The Morgan fingerprint density at radius 1 is 1.25 bits per heavy atom. The van der Waals surface area contributed by atoms with Gasteiger partial charge < -0.3 is 19.4 Å². The molecule has 3 rings (SSSR count). The van der Waals surface area contributed by atoms with Crippen LogP contribution in [0.25, 0.3) is 10.9 Å². The zero-order valence-electron chi connectivity index (χ0n) is 14.1. The van der Waals surface area contributed by atoms with E-state index >= 15 is 0 Å². The summed E-state index contributed by atoms with van der Waals surface area (Å²) in [6, 6.07) is 9.32. The lowest BCUT2D eigenvalue weighted by Gasteiger charge is -2.36. The first-order valence-electron chi connectivity index (χ1n) is 8.17. The van der Waals surface area contributed by atoms with Gasteiger partial charge >= 0.3 is 5.97 Å². The molecule has 1 fully saturated rings. The van der Waals surface area contributed by atoms with Crippen LogP contribution in [0.15, 0.2) is 30.3 Å². The second kappa shape index (κ2) is 6.65. The Morgan fingerprint density at radius 3 is 2.58 bits per heavy atom. The number of nitrogens with zero attached hydrogens (tertiary/aromatic N) is 1. The van der Waals surface area contributed by atoms with Crippen LogP contribution in [-0.2, 0) is 14.3 Å². The van der Waals surface area contributed by atoms with Gasteiger partial charge in [-0.05, 0) is 32.9 Å². The Kier molecular flexibility index (Phi) is 4.57. The third-order valence-corrected chi connectivity index (χ3v) is 4.11. The summed E-state index contributed by atoms with van der Waals surface area (Å²) in [6.45, 7) is 6.48. The molecule has 0 bridgehead atoms. The lowest BCUT2D eigenvalue weighted by Crippen LogP contribution is -2.51. The molecule has 0 saturated carbocycles. The van der Waals surface area contributed by atoms with Crippen molar-refractivity contribution in [3.05, 3.63) is 36.0 Å². The van der Waals surface area contributed by atoms with Crippen LogP contribution in [0.5, 0.6) is 0 Å². The van der Waals surface area contributed by atoms with Crippen molar-refractivity contribution in [2.24, 2.45) is 0 Å². The van der Waals surface area contributed by atoms with Crippen LogP contribution in [0.2, 0.25) is 0 Å². The van der Waals surface area contributed by atoms with Gasteiger partial charge in [0.1, 0.15) is 5.69 Å². The molecule has 6 nitrogen and oxygen atoms in total. The number of amides is 1. The van der Waals surface area contributed by atoms with E-state index in [-0.39, 0.29) is 18.1 Å². The predicted octanol–water partition coefficient (Wildman–Crippen LogP) is 2.35. The number of hydrogen-bond donors (Lipinski definition) is 1. The van der Waals surface area contributed by atoms with E-state index in [4.69, 9.17) is 9.47 Å². The summed E-state index contributed by atoms with van der Waals surface area (Å²) >= 11 is 0. The SMILES string of the molecule is C[C@@H]1CN(C(=O)[C@H](C)OC(=O)c2cc3ccccc3[nH]2)C[C@H](C)O1. The average Bonchev–Trinajstić information content (AvgIpc) is 2.97. The second-order valence-corrected chi connectivity index (χ2v) is 6.32. The Morgan fingerprint density at radius 2 is 1.92 bits per heavy atom. The van der Waals surface area contributed by atoms with E-state index in [9.17, 15) is 9.59 Å². The molecule has 1 N–H and O–H groups in total. The van der Waals surface area contributed by atoms with Gasteiger partial charge in [-0.25, -0.2) is 4.79 Å². The van der Waals surface area contributed by atoms with Crippen LogP contribution in [0.3, 0.4) is 0 Å². The molecular formula is C18H22N2O4. The minimum atomic E-state index is -0.832. The number of esters is 1. The van der Waals surface area contributed by atoms with E-state index in [0.29, 0.717) is 18.8 Å². The molecule has 3 atom stereocenters. The van der Waals surface area contributed by atoms with Gasteiger partial charge in [0.05, 0.1) is 12.2 Å². The van der Waals surface area contributed by atoms with Gasteiger partial charge in [-0.2, -0.15) is 0 Å². The van der Waals surface area contributed by atoms with Crippen LogP contribution in [0, 0.1) is 0 Å². The number of carbonyl (C=O) groups is 2. The van der Waals surface area contributed by atoms with Gasteiger partial charge in [0.15, 0.2) is 6.10 Å². The van der Waals surface area contributed by atoms with Crippen molar-refractivity contribution in [2.75, 3.05) is 13.1 Å². The maximum atomic E-state index is 12.5. The van der Waals surface area contributed by atoms with E-state index in [1.165, 1.54) is 0 Å². The summed E-state index contributed by atoms with van der Waals surface area (Å²) in [5.41, 5.74) is 1.21. The maximum Gasteiger partial charge on any atom is 0.355 e. The molecule has 0 radical (unpaired) electrons. The number of para-hydroxylation sites is 1. The first-order valence-corrected chi connectivity index (χ1v) is 8.17. The molecule has 0 aliphatic carbocycles. The first-order chi connectivity index (χ1) is 11.4. The smallest absolute Gasteiger partial charge is 0.355 e. The number of carbonyl (C=O) groups excluding carboxylic acids is 2. The molecule has 1 saturated heterocycles. The Bertz CT molecular complexity index is 711. The van der Waals surface area contributed by atoms with Crippen LogP contribution in [-0.4, -0.2) is 53.2 Å². The second-order valence-electron chi connectivity index (χ2n) is 6.32. The van der Waals surface area contributed by atoms with Crippen molar-refractivity contribution >= 4 is 22.8 Å². The molecule has 1 aromatic heterocycles. The van der Waals surface area contributed by atoms with Crippen molar-refractivity contribution in [1.82, 2.24) is 9.88 Å². The minimum absolute atomic E-state index is 0.0192. The summed E-state index contributed by atoms with van der Waals surface area (Å²) in [5, 5.41) is 0.930. The van der Waals surface area contributed by atoms with Gasteiger partial charge in [-0.1, -0.05) is 18.2 Å². The maximum absolute atomic E-state index is 12.5. The fraction of sp³-hybridized carbons (Fsp3) is 0.444. The third kappa shape index (κ3) is 3.43. The van der Waals surface area contributed by atoms with E-state index in [0.717, 1.165) is 10.9 Å². The molecule has 1 aliphatic rings. The summed E-state index contributed by atoms with van der Waals surface area (Å²) in [6.07, 6.45) is -0.870. The molecule has 1 amide bonds. The monoisotopic (exact) mass is 330 g/mol. The highest BCUT2D eigenvalue weighted by molar-refractivity contribution is 5.96. The van der Waals surface area contributed by atoms with Crippen molar-refractivity contribution in [3.8, 4) is 0 Å². The minimum Gasteiger partial charge on any atom is -0.448 e.